The molecule has 8 rings (SSSR count). The molecule has 1 aromatic heterocycles. The first-order valence-corrected chi connectivity index (χ1v) is 23.1. The van der Waals surface area contributed by atoms with Gasteiger partial charge < -0.3 is 29.9 Å². The molecule has 5 aromatic rings. The highest BCUT2D eigenvalue weighted by molar-refractivity contribution is 7.90. The number of aryl methyl sites for hydroxylation is 1. The summed E-state index contributed by atoms with van der Waals surface area (Å²) in [5.41, 5.74) is 6.88. The first-order valence-electron chi connectivity index (χ1n) is 21.3. The van der Waals surface area contributed by atoms with Crippen LogP contribution in [-0.4, -0.2) is 99.2 Å². The molecule has 2 aliphatic heterocycles. The number of ether oxygens (including phenoxy) is 1. The Balaban J connectivity index is 0.988. The number of fused-ring (bicyclic) bond motifs is 1. The summed E-state index contributed by atoms with van der Waals surface area (Å²) in [6, 6.07) is 25.9. The number of nitrogens with one attached hydrogen (secondary N) is 3. The molecule has 4 aromatic carbocycles. The maximum absolute atomic E-state index is 14.0. The van der Waals surface area contributed by atoms with Crippen molar-refractivity contribution in [3.05, 3.63) is 118 Å². The molecule has 0 saturated carbocycles. The number of allylic oxidation sites excluding steroid dienone is 1. The van der Waals surface area contributed by atoms with Crippen LogP contribution >= 0.6 is 11.6 Å². The van der Waals surface area contributed by atoms with Gasteiger partial charge in [0.25, 0.3) is 15.9 Å². The highest BCUT2D eigenvalue weighted by atomic mass is 35.5. The Morgan fingerprint density at radius 2 is 1.66 bits per heavy atom. The maximum Gasteiger partial charge on any atom is 0.268 e. The van der Waals surface area contributed by atoms with E-state index in [4.69, 9.17) is 16.3 Å². The summed E-state index contributed by atoms with van der Waals surface area (Å²) in [5.74, 6) is 0.00512. The highest BCUT2D eigenvalue weighted by Crippen LogP contribution is 2.43. The lowest BCUT2D eigenvalue weighted by Crippen LogP contribution is -2.47. The first-order chi connectivity index (χ1) is 29.1. The standard InChI is InChI=1S/C48H57ClN6O5S/c1-33-28-38(13-15-42(33)51-32-48(57)19-22-53(4)23-20-48)61(58,59)52-46(56)40-14-12-37(29-45(40)60-44-7-5-6-43-39(44)17-21-50-43)55-26-24-54(25-27-55)31-35-16-18-47(2,3)30-41(35)34-8-10-36(49)11-9-34/h5-15,17,21,28-29,50-51,57H,16,18-20,22-27,30-32H2,1-4H3,(H,52,56). The van der Waals surface area contributed by atoms with Gasteiger partial charge in [-0.15, -0.1) is 0 Å². The average Bonchev–Trinajstić information content (AvgIpc) is 3.73. The molecular weight excluding hydrogens is 808 g/mol. The van der Waals surface area contributed by atoms with Gasteiger partial charge in [-0.05, 0) is 129 Å². The number of piperazine rings is 1. The predicted molar refractivity (Wildman–Crippen MR) is 245 cm³/mol. The molecule has 0 atom stereocenters. The number of likely N-dealkylation sites (tertiary alicyclic amines) is 1. The molecule has 0 radical (unpaired) electrons. The largest absolute Gasteiger partial charge is 0.456 e. The Labute approximate surface area is 364 Å². The zero-order valence-electron chi connectivity index (χ0n) is 35.6. The third-order valence-corrected chi connectivity index (χ3v) is 14.4. The number of piperidine rings is 1. The summed E-state index contributed by atoms with van der Waals surface area (Å²) >= 11 is 6.25. The van der Waals surface area contributed by atoms with Crippen molar-refractivity contribution >= 4 is 55.4 Å². The Kier molecular flexibility index (Phi) is 12.3. The van der Waals surface area contributed by atoms with Crippen molar-refractivity contribution in [1.82, 2.24) is 19.5 Å². The summed E-state index contributed by atoms with van der Waals surface area (Å²) in [5, 5.41) is 15.9. The van der Waals surface area contributed by atoms with Gasteiger partial charge in [0.2, 0.25) is 0 Å². The molecule has 0 bridgehead atoms. The monoisotopic (exact) mass is 864 g/mol. The second-order valence-corrected chi connectivity index (χ2v) is 20.1. The van der Waals surface area contributed by atoms with Gasteiger partial charge in [-0.25, -0.2) is 13.1 Å². The number of halogens is 1. The minimum atomic E-state index is -4.26. The fraction of sp³-hybridized carbons (Fsp3) is 0.396. The van der Waals surface area contributed by atoms with E-state index >= 15 is 0 Å². The zero-order chi connectivity index (χ0) is 42.9. The van der Waals surface area contributed by atoms with Crippen LogP contribution in [0.4, 0.5) is 11.4 Å². The van der Waals surface area contributed by atoms with Crippen molar-refractivity contribution in [1.29, 1.82) is 0 Å². The summed E-state index contributed by atoms with van der Waals surface area (Å²) in [4.78, 5) is 24.2. The number of hydrogen-bond donors (Lipinski definition) is 4. The molecule has 0 unspecified atom stereocenters. The van der Waals surface area contributed by atoms with Crippen molar-refractivity contribution in [3.63, 3.8) is 0 Å². The Hall–Kier alpha value is -4.85. The fourth-order valence-corrected chi connectivity index (χ4v) is 10.0. The lowest BCUT2D eigenvalue weighted by atomic mass is 9.72. The number of carbonyl (C=O) groups is 1. The number of amides is 1. The molecule has 13 heteroatoms. The molecular formula is C48H57ClN6O5S. The van der Waals surface area contributed by atoms with E-state index in [9.17, 15) is 18.3 Å². The van der Waals surface area contributed by atoms with E-state index in [1.807, 2.05) is 61.8 Å². The Morgan fingerprint density at radius 1 is 0.902 bits per heavy atom. The van der Waals surface area contributed by atoms with E-state index in [1.54, 1.807) is 19.1 Å². The number of hydrogen-bond acceptors (Lipinski definition) is 9. The van der Waals surface area contributed by atoms with E-state index in [0.717, 1.165) is 92.4 Å². The molecule has 4 N–H and O–H groups in total. The van der Waals surface area contributed by atoms with Crippen LogP contribution in [-0.2, 0) is 10.0 Å². The van der Waals surface area contributed by atoms with Gasteiger partial charge in [0.15, 0.2) is 0 Å². The molecule has 2 saturated heterocycles. The molecule has 322 valence electrons. The Bertz CT molecular complexity index is 2540. The second kappa shape index (κ2) is 17.5. The molecule has 0 spiro atoms. The Morgan fingerprint density at radius 3 is 2.39 bits per heavy atom. The fourth-order valence-electron chi connectivity index (χ4n) is 8.85. The normalized spacial score (nSPS) is 18.6. The van der Waals surface area contributed by atoms with Gasteiger partial charge in [0, 0.05) is 91.9 Å². The van der Waals surface area contributed by atoms with E-state index in [0.29, 0.717) is 30.7 Å². The first kappa shape index (κ1) is 42.8. The number of aromatic nitrogens is 1. The van der Waals surface area contributed by atoms with Crippen molar-refractivity contribution < 1.29 is 23.1 Å². The molecule has 3 heterocycles. The average molecular weight is 866 g/mol. The number of sulfonamides is 1. The smallest absolute Gasteiger partial charge is 0.268 e. The minimum Gasteiger partial charge on any atom is -0.456 e. The van der Waals surface area contributed by atoms with Crippen molar-refractivity contribution in [2.75, 3.05) is 69.6 Å². The number of aliphatic hydroxyl groups is 1. The van der Waals surface area contributed by atoms with Crippen LogP contribution in [0.2, 0.25) is 5.02 Å². The molecule has 1 amide bonds. The lowest BCUT2D eigenvalue weighted by molar-refractivity contribution is -0.00404. The number of H-pyrrole nitrogens is 1. The molecule has 2 fully saturated rings. The van der Waals surface area contributed by atoms with Crippen LogP contribution in [0.1, 0.15) is 67.4 Å². The molecule has 61 heavy (non-hydrogen) atoms. The second-order valence-electron chi connectivity index (χ2n) is 18.0. The van der Waals surface area contributed by atoms with Crippen molar-refractivity contribution in [3.8, 4) is 11.5 Å². The van der Waals surface area contributed by atoms with Gasteiger partial charge in [-0.3, -0.25) is 9.69 Å². The third-order valence-electron chi connectivity index (χ3n) is 12.8. The van der Waals surface area contributed by atoms with E-state index in [-0.39, 0.29) is 21.6 Å². The quantitative estimate of drug-likeness (QED) is 0.0974. The minimum absolute atomic E-state index is 0.0380. The molecule has 1 aliphatic carbocycles. The number of aromatic amines is 1. The van der Waals surface area contributed by atoms with Crippen LogP contribution < -0.4 is 19.7 Å². The predicted octanol–water partition coefficient (Wildman–Crippen LogP) is 8.70. The van der Waals surface area contributed by atoms with Crippen molar-refractivity contribution in [2.45, 2.75) is 63.4 Å². The zero-order valence-corrected chi connectivity index (χ0v) is 37.1. The number of carbonyl (C=O) groups excluding carboxylic acids is 1. The van der Waals surface area contributed by atoms with Crippen molar-refractivity contribution in [2.24, 2.45) is 5.41 Å². The summed E-state index contributed by atoms with van der Waals surface area (Å²) in [6.07, 6.45) is 6.41. The van der Waals surface area contributed by atoms with Gasteiger partial charge in [0.1, 0.15) is 11.5 Å². The summed E-state index contributed by atoms with van der Waals surface area (Å²) in [6.45, 7) is 12.7. The van der Waals surface area contributed by atoms with Crippen LogP contribution in [0.25, 0.3) is 16.5 Å². The van der Waals surface area contributed by atoms with E-state index < -0.39 is 21.5 Å². The SMILES string of the molecule is Cc1cc(S(=O)(=O)NC(=O)c2ccc(N3CCN(CC4=C(c5ccc(Cl)cc5)CC(C)(C)CC4)CC3)cc2Oc2cccc3[nH]ccc23)ccc1NCC1(O)CCN(C)CC1. The molecule has 3 aliphatic rings. The lowest BCUT2D eigenvalue weighted by Gasteiger charge is -2.39. The van der Waals surface area contributed by atoms with Crippen LogP contribution in [0.3, 0.4) is 0 Å². The van der Waals surface area contributed by atoms with Gasteiger partial charge in [0.05, 0.1) is 16.1 Å². The van der Waals surface area contributed by atoms with Gasteiger partial charge in [-0.1, -0.05) is 49.2 Å². The number of anilines is 2. The van der Waals surface area contributed by atoms with Crippen LogP contribution in [0, 0.1) is 12.3 Å². The number of rotatable bonds is 12. The topological polar surface area (TPSA) is 130 Å². The van der Waals surface area contributed by atoms with Gasteiger partial charge >= 0.3 is 0 Å². The van der Waals surface area contributed by atoms with Crippen LogP contribution in [0.5, 0.6) is 11.5 Å². The maximum atomic E-state index is 14.0. The van der Waals surface area contributed by atoms with Gasteiger partial charge in [-0.2, -0.15) is 0 Å². The third kappa shape index (κ3) is 9.95. The highest BCUT2D eigenvalue weighted by Gasteiger charge is 2.32. The van der Waals surface area contributed by atoms with E-state index in [1.165, 1.54) is 28.8 Å². The molecule has 11 nitrogen and oxygen atoms in total. The van der Waals surface area contributed by atoms with Crippen LogP contribution in [0.15, 0.2) is 102 Å². The number of nitrogens with zero attached hydrogens (tertiary/aromatic N) is 3. The summed E-state index contributed by atoms with van der Waals surface area (Å²) < 4.78 is 36.3. The number of benzene rings is 4. The summed E-state index contributed by atoms with van der Waals surface area (Å²) in [7, 11) is -2.22. The van der Waals surface area contributed by atoms with E-state index in [2.05, 4.69) is 55.7 Å².